The molecule has 0 bridgehead atoms. The van der Waals surface area contributed by atoms with Gasteiger partial charge in [-0.3, -0.25) is 9.78 Å². The van der Waals surface area contributed by atoms with Gasteiger partial charge in [0.2, 0.25) is 0 Å². The first-order chi connectivity index (χ1) is 17.0. The van der Waals surface area contributed by atoms with Gasteiger partial charge >= 0.3 is 5.97 Å². The third-order valence-electron chi connectivity index (χ3n) is 6.22. The third-order valence-corrected chi connectivity index (χ3v) is 6.22. The van der Waals surface area contributed by atoms with E-state index in [2.05, 4.69) is 0 Å². The standard InChI is InChI=1S/C29H32FNO4/c1-2-3-16-35-27(34)18-23(33)17-22(32)14-15-25-28(19-10-12-21(30)13-11-19)24-6-4-5-7-26(24)31-29(25)20-8-9-20/h4-7,10-15,20,22-23,32-33H,2-3,8-9,16-18H2,1H3/b15-14+. The molecule has 4 rings (SSSR count). The second kappa shape index (κ2) is 11.6. The molecule has 2 atom stereocenters. The summed E-state index contributed by atoms with van der Waals surface area (Å²) in [6.45, 7) is 2.35. The molecule has 1 fully saturated rings. The Morgan fingerprint density at radius 3 is 2.63 bits per heavy atom. The van der Waals surface area contributed by atoms with E-state index in [1.165, 1.54) is 12.1 Å². The molecule has 184 valence electrons. The number of hydrogen-bond acceptors (Lipinski definition) is 5. The number of hydrogen-bond donors (Lipinski definition) is 2. The second-order valence-corrected chi connectivity index (χ2v) is 9.18. The van der Waals surface area contributed by atoms with Gasteiger partial charge in [0.1, 0.15) is 5.82 Å². The molecule has 3 aromatic rings. The van der Waals surface area contributed by atoms with Crippen molar-refractivity contribution in [2.24, 2.45) is 0 Å². The predicted octanol–water partition coefficient (Wildman–Crippen LogP) is 5.78. The highest BCUT2D eigenvalue weighted by atomic mass is 19.1. The van der Waals surface area contributed by atoms with Gasteiger partial charge in [0, 0.05) is 28.9 Å². The quantitative estimate of drug-likeness (QED) is 0.270. The van der Waals surface area contributed by atoms with Crippen LogP contribution in [0.15, 0.2) is 54.6 Å². The first kappa shape index (κ1) is 25.0. The Morgan fingerprint density at radius 2 is 1.91 bits per heavy atom. The predicted molar refractivity (Wildman–Crippen MR) is 135 cm³/mol. The fraction of sp³-hybridized carbons (Fsp3) is 0.379. The van der Waals surface area contributed by atoms with E-state index in [0.29, 0.717) is 12.5 Å². The summed E-state index contributed by atoms with van der Waals surface area (Å²) in [5.41, 5.74) is 4.55. The lowest BCUT2D eigenvalue weighted by molar-refractivity contribution is -0.146. The summed E-state index contributed by atoms with van der Waals surface area (Å²) in [6.07, 6.45) is 5.21. The van der Waals surface area contributed by atoms with Gasteiger partial charge in [0.25, 0.3) is 0 Å². The van der Waals surface area contributed by atoms with Crippen molar-refractivity contribution < 1.29 is 24.1 Å². The molecule has 0 aliphatic heterocycles. The highest BCUT2D eigenvalue weighted by Crippen LogP contribution is 2.45. The van der Waals surface area contributed by atoms with E-state index < -0.39 is 18.2 Å². The van der Waals surface area contributed by atoms with Crippen molar-refractivity contribution in [2.45, 2.75) is 63.6 Å². The minimum atomic E-state index is -1.00. The number of fused-ring (bicyclic) bond motifs is 1. The number of aromatic nitrogens is 1. The van der Waals surface area contributed by atoms with Crippen LogP contribution >= 0.6 is 0 Å². The fourth-order valence-corrected chi connectivity index (χ4v) is 4.24. The lowest BCUT2D eigenvalue weighted by atomic mass is 9.92. The normalized spacial score (nSPS) is 15.4. The molecule has 6 heteroatoms. The maximum Gasteiger partial charge on any atom is 0.308 e. The molecule has 2 aromatic carbocycles. The van der Waals surface area contributed by atoms with E-state index in [0.717, 1.165) is 59.0 Å². The van der Waals surface area contributed by atoms with Crippen molar-refractivity contribution in [3.05, 3.63) is 71.7 Å². The lowest BCUT2D eigenvalue weighted by Gasteiger charge is -2.16. The molecule has 0 saturated heterocycles. The molecule has 0 amide bonds. The van der Waals surface area contributed by atoms with Crippen LogP contribution < -0.4 is 0 Å². The number of halogens is 1. The van der Waals surface area contributed by atoms with Gasteiger partial charge in [-0.15, -0.1) is 0 Å². The van der Waals surface area contributed by atoms with Crippen molar-refractivity contribution in [3.63, 3.8) is 0 Å². The number of esters is 1. The molecule has 1 heterocycles. The average molecular weight is 478 g/mol. The molecule has 0 radical (unpaired) electrons. The summed E-state index contributed by atoms with van der Waals surface area (Å²) in [4.78, 5) is 16.8. The zero-order valence-corrected chi connectivity index (χ0v) is 20.0. The zero-order valence-electron chi connectivity index (χ0n) is 20.0. The number of aliphatic hydroxyl groups is 2. The van der Waals surface area contributed by atoms with Crippen molar-refractivity contribution in [2.75, 3.05) is 6.61 Å². The topological polar surface area (TPSA) is 79.7 Å². The number of aliphatic hydroxyl groups excluding tert-OH is 2. The summed E-state index contributed by atoms with van der Waals surface area (Å²) >= 11 is 0. The molecule has 2 N–H and O–H groups in total. The van der Waals surface area contributed by atoms with Gasteiger partial charge in [0.05, 0.1) is 36.4 Å². The summed E-state index contributed by atoms with van der Waals surface area (Å²) in [5.74, 6) is -0.418. The summed E-state index contributed by atoms with van der Waals surface area (Å²) in [5, 5.41) is 21.8. The molecule has 1 saturated carbocycles. The molecule has 2 unspecified atom stereocenters. The Morgan fingerprint density at radius 1 is 1.17 bits per heavy atom. The van der Waals surface area contributed by atoms with Gasteiger partial charge in [-0.05, 0) is 43.0 Å². The summed E-state index contributed by atoms with van der Waals surface area (Å²) < 4.78 is 18.8. The van der Waals surface area contributed by atoms with Gasteiger partial charge in [-0.25, -0.2) is 4.39 Å². The summed E-state index contributed by atoms with van der Waals surface area (Å²) in [6, 6.07) is 14.3. The largest absolute Gasteiger partial charge is 0.466 e. The van der Waals surface area contributed by atoms with E-state index in [1.807, 2.05) is 37.3 Å². The number of carbonyl (C=O) groups is 1. The molecule has 35 heavy (non-hydrogen) atoms. The van der Waals surface area contributed by atoms with Crippen molar-refractivity contribution >= 4 is 22.9 Å². The highest BCUT2D eigenvalue weighted by molar-refractivity contribution is 5.99. The third kappa shape index (κ3) is 6.53. The van der Waals surface area contributed by atoms with Crippen LogP contribution in [0.3, 0.4) is 0 Å². The maximum atomic E-state index is 13.7. The highest BCUT2D eigenvalue weighted by Gasteiger charge is 2.29. The van der Waals surface area contributed by atoms with E-state index in [-0.39, 0.29) is 18.7 Å². The number of unbranched alkanes of at least 4 members (excludes halogenated alkanes) is 1. The zero-order chi connectivity index (χ0) is 24.8. The van der Waals surface area contributed by atoms with E-state index >= 15 is 0 Å². The van der Waals surface area contributed by atoms with Crippen LogP contribution in [0.25, 0.3) is 28.1 Å². The molecule has 1 aliphatic rings. The van der Waals surface area contributed by atoms with Gasteiger partial charge in [-0.1, -0.05) is 55.8 Å². The summed E-state index contributed by atoms with van der Waals surface area (Å²) in [7, 11) is 0. The van der Waals surface area contributed by atoms with Crippen LogP contribution in [0, 0.1) is 5.82 Å². The molecule has 0 spiro atoms. The first-order valence-electron chi connectivity index (χ1n) is 12.3. The Labute approximate surface area is 205 Å². The monoisotopic (exact) mass is 477 g/mol. The van der Waals surface area contributed by atoms with Crippen LogP contribution in [0.2, 0.25) is 0 Å². The van der Waals surface area contributed by atoms with Crippen molar-refractivity contribution in [1.29, 1.82) is 0 Å². The van der Waals surface area contributed by atoms with Crippen molar-refractivity contribution in [1.82, 2.24) is 4.98 Å². The minimum Gasteiger partial charge on any atom is -0.466 e. The SMILES string of the molecule is CCCCOC(=O)CC(O)CC(O)/C=C/c1c(C2CC2)nc2ccccc2c1-c1ccc(F)cc1. The van der Waals surface area contributed by atoms with Gasteiger partial charge in [-0.2, -0.15) is 0 Å². The maximum absolute atomic E-state index is 13.7. The Kier molecular flexibility index (Phi) is 8.26. The minimum absolute atomic E-state index is 0.0189. The lowest BCUT2D eigenvalue weighted by Crippen LogP contribution is -2.21. The van der Waals surface area contributed by atoms with E-state index in [4.69, 9.17) is 9.72 Å². The molecule has 1 aromatic heterocycles. The molecular formula is C29H32FNO4. The van der Waals surface area contributed by atoms with E-state index in [1.54, 1.807) is 18.2 Å². The average Bonchev–Trinajstić information content (AvgIpc) is 3.68. The second-order valence-electron chi connectivity index (χ2n) is 9.18. The molecule has 5 nitrogen and oxygen atoms in total. The molecule has 1 aliphatic carbocycles. The molecular weight excluding hydrogens is 445 g/mol. The Hall–Kier alpha value is -3.09. The Balaban J connectivity index is 1.60. The number of ether oxygens (including phenoxy) is 1. The van der Waals surface area contributed by atoms with Crippen LogP contribution in [0.4, 0.5) is 4.39 Å². The number of carbonyl (C=O) groups excluding carboxylic acids is 1. The number of pyridine rings is 1. The number of para-hydroxylation sites is 1. The van der Waals surface area contributed by atoms with Gasteiger partial charge in [0.15, 0.2) is 0 Å². The first-order valence-corrected chi connectivity index (χ1v) is 12.3. The fourth-order valence-electron chi connectivity index (χ4n) is 4.24. The van der Waals surface area contributed by atoms with Crippen LogP contribution in [-0.4, -0.2) is 40.0 Å². The number of benzene rings is 2. The van der Waals surface area contributed by atoms with E-state index in [9.17, 15) is 19.4 Å². The smallest absolute Gasteiger partial charge is 0.308 e. The van der Waals surface area contributed by atoms with Crippen LogP contribution in [0.1, 0.15) is 62.6 Å². The Bertz CT molecular complexity index is 1190. The van der Waals surface area contributed by atoms with Gasteiger partial charge < -0.3 is 14.9 Å². The van der Waals surface area contributed by atoms with Crippen LogP contribution in [-0.2, 0) is 9.53 Å². The number of rotatable bonds is 11. The van der Waals surface area contributed by atoms with Crippen molar-refractivity contribution in [3.8, 4) is 11.1 Å². The number of nitrogens with zero attached hydrogens (tertiary/aromatic N) is 1. The van der Waals surface area contributed by atoms with Crippen LogP contribution in [0.5, 0.6) is 0 Å².